The summed E-state index contributed by atoms with van der Waals surface area (Å²) in [7, 11) is -3.26. The van der Waals surface area contributed by atoms with Gasteiger partial charge < -0.3 is 29.5 Å². The SMILES string of the molecule is C[C@@H]1[C@@H]([Si](C)(C)F)[C@H](CCO)O[C@@]12C(=O)N(Cc1cccc(NC(=O)[C@H]3CCCN3)c1)c1ccc(Cl)cc12. The Kier molecular flexibility index (Phi) is 7.43. The van der Waals surface area contributed by atoms with Crippen LogP contribution in [0, 0.1) is 5.92 Å². The molecule has 0 saturated carbocycles. The highest BCUT2D eigenvalue weighted by atomic mass is 35.5. The van der Waals surface area contributed by atoms with Gasteiger partial charge in [-0.25, -0.2) is 0 Å². The Balaban J connectivity index is 1.47. The number of nitrogens with zero attached hydrogens (tertiary/aromatic N) is 1. The fourth-order valence-corrected chi connectivity index (χ4v) is 9.36. The summed E-state index contributed by atoms with van der Waals surface area (Å²) in [6.45, 7) is 6.10. The van der Waals surface area contributed by atoms with Crippen molar-refractivity contribution in [1.82, 2.24) is 5.32 Å². The average molecular weight is 560 g/mol. The van der Waals surface area contributed by atoms with E-state index in [-0.39, 0.29) is 37.4 Å². The number of nitrogens with one attached hydrogen (secondary N) is 2. The molecule has 2 amide bonds. The molecule has 0 unspecified atom stereocenters. The van der Waals surface area contributed by atoms with Crippen LogP contribution in [0.25, 0.3) is 0 Å². The first-order valence-electron chi connectivity index (χ1n) is 13.3. The molecule has 2 aromatic carbocycles. The third kappa shape index (κ3) is 4.68. The van der Waals surface area contributed by atoms with Crippen LogP contribution in [-0.4, -0.2) is 50.6 Å². The molecule has 2 saturated heterocycles. The van der Waals surface area contributed by atoms with Crippen molar-refractivity contribution in [3.05, 3.63) is 58.6 Å². The number of amides is 2. The van der Waals surface area contributed by atoms with Crippen molar-refractivity contribution in [3.8, 4) is 0 Å². The lowest BCUT2D eigenvalue weighted by atomic mass is 9.82. The number of carbonyl (C=O) groups excluding carboxylic acids is 2. The zero-order valence-electron chi connectivity index (χ0n) is 22.0. The van der Waals surface area contributed by atoms with Gasteiger partial charge in [0.05, 0.1) is 24.4 Å². The smallest absolute Gasteiger partial charge is 0.264 e. The first-order chi connectivity index (χ1) is 18.1. The van der Waals surface area contributed by atoms with Gasteiger partial charge in [-0.05, 0) is 74.8 Å². The van der Waals surface area contributed by atoms with E-state index in [1.54, 1.807) is 30.1 Å². The van der Waals surface area contributed by atoms with Gasteiger partial charge in [0.25, 0.3) is 5.91 Å². The van der Waals surface area contributed by atoms with E-state index in [2.05, 4.69) is 10.6 Å². The van der Waals surface area contributed by atoms with Gasteiger partial charge in [-0.3, -0.25) is 9.59 Å². The van der Waals surface area contributed by atoms with Crippen LogP contribution < -0.4 is 15.5 Å². The standard InChI is InChI=1S/C28H35ClFN3O4Si/c1-17-25(38(2,3)30)24(11-13-34)37-28(17)21-15-19(29)9-10-23(21)33(27(28)36)16-18-6-4-7-20(14-18)32-26(35)22-8-5-12-31-22/h4,6-7,9-10,14-15,17,22,24-25,31,34H,5,8,11-13,16H2,1-3H3,(H,32,35)/t17-,22-,24+,25-,28+/m1/s1. The molecule has 7 nitrogen and oxygen atoms in total. The maximum Gasteiger partial charge on any atom is 0.264 e. The Morgan fingerprint density at radius 3 is 2.79 bits per heavy atom. The van der Waals surface area contributed by atoms with Gasteiger partial charge in [-0.2, -0.15) is 0 Å². The molecule has 10 heteroatoms. The summed E-state index contributed by atoms with van der Waals surface area (Å²) in [5.41, 5.74) is 0.982. The molecule has 5 rings (SSSR count). The second kappa shape index (κ2) is 10.4. The average Bonchev–Trinajstić information content (AvgIpc) is 3.54. The van der Waals surface area contributed by atoms with E-state index in [0.29, 0.717) is 22.0 Å². The fourth-order valence-electron chi connectivity index (χ4n) is 6.64. The Hall–Kier alpha value is -2.30. The van der Waals surface area contributed by atoms with Crippen molar-refractivity contribution >= 4 is 43.2 Å². The first kappa shape index (κ1) is 27.3. The van der Waals surface area contributed by atoms with E-state index >= 15 is 4.11 Å². The van der Waals surface area contributed by atoms with E-state index in [4.69, 9.17) is 16.3 Å². The number of halogens is 2. The monoisotopic (exact) mass is 559 g/mol. The van der Waals surface area contributed by atoms with Crippen LogP contribution in [0.1, 0.15) is 37.3 Å². The predicted octanol–water partition coefficient (Wildman–Crippen LogP) is 4.73. The normalized spacial score (nSPS) is 28.8. The quantitative estimate of drug-likeness (QED) is 0.337. The molecule has 0 aliphatic carbocycles. The Morgan fingerprint density at radius 1 is 1.32 bits per heavy atom. The topological polar surface area (TPSA) is 90.9 Å². The Labute approximate surface area is 228 Å². The van der Waals surface area contributed by atoms with Crippen molar-refractivity contribution in [2.24, 2.45) is 5.92 Å². The number of ether oxygens (including phenoxy) is 1. The summed E-state index contributed by atoms with van der Waals surface area (Å²) in [5.74, 6) is -0.761. The number of hydrogen-bond donors (Lipinski definition) is 3. The molecule has 1 spiro atoms. The van der Waals surface area contributed by atoms with E-state index in [0.717, 1.165) is 24.9 Å². The molecular weight excluding hydrogens is 525 g/mol. The first-order valence-corrected chi connectivity index (χ1v) is 16.6. The molecule has 3 aliphatic heterocycles. The van der Waals surface area contributed by atoms with Crippen molar-refractivity contribution in [2.45, 2.75) is 69.1 Å². The van der Waals surface area contributed by atoms with E-state index in [9.17, 15) is 14.7 Å². The zero-order chi connectivity index (χ0) is 27.2. The molecule has 3 heterocycles. The second-order valence-corrected chi connectivity index (χ2v) is 15.4. The molecule has 3 aliphatic rings. The second-order valence-electron chi connectivity index (χ2n) is 11.2. The summed E-state index contributed by atoms with van der Waals surface area (Å²) < 4.78 is 22.1. The minimum absolute atomic E-state index is 0.0667. The number of rotatable bonds is 7. The largest absolute Gasteiger partial charge is 0.396 e. The molecule has 2 fully saturated rings. The number of hydrogen-bond acceptors (Lipinski definition) is 5. The number of benzene rings is 2. The van der Waals surface area contributed by atoms with Crippen LogP contribution in [0.4, 0.5) is 15.5 Å². The third-order valence-corrected chi connectivity index (χ3v) is 10.9. The third-order valence-electron chi connectivity index (χ3n) is 8.25. The number of aliphatic hydroxyl groups excluding tert-OH is 1. The molecule has 0 radical (unpaired) electrons. The van der Waals surface area contributed by atoms with Crippen LogP contribution in [-0.2, 0) is 26.5 Å². The summed E-state index contributed by atoms with van der Waals surface area (Å²) >= 11 is 6.40. The summed E-state index contributed by atoms with van der Waals surface area (Å²) in [5, 5.41) is 16.3. The summed E-state index contributed by atoms with van der Waals surface area (Å²) in [4.78, 5) is 28.6. The lowest BCUT2D eigenvalue weighted by Gasteiger charge is -2.31. The van der Waals surface area contributed by atoms with E-state index in [1.165, 1.54) is 0 Å². The molecule has 38 heavy (non-hydrogen) atoms. The highest BCUT2D eigenvalue weighted by Crippen LogP contribution is 2.60. The van der Waals surface area contributed by atoms with Gasteiger partial charge in [0.1, 0.15) is 0 Å². The van der Waals surface area contributed by atoms with Gasteiger partial charge in [-0.1, -0.05) is 30.7 Å². The van der Waals surface area contributed by atoms with Crippen LogP contribution >= 0.6 is 11.6 Å². The molecule has 204 valence electrons. The number of fused-ring (bicyclic) bond motifs is 2. The van der Waals surface area contributed by atoms with Gasteiger partial charge >= 0.3 is 0 Å². The molecule has 0 aromatic heterocycles. The van der Waals surface area contributed by atoms with Crippen molar-refractivity contribution in [2.75, 3.05) is 23.4 Å². The van der Waals surface area contributed by atoms with Gasteiger partial charge in [0, 0.05) is 34.3 Å². The fraction of sp³-hybridized carbons (Fsp3) is 0.500. The van der Waals surface area contributed by atoms with Gasteiger partial charge in [0.2, 0.25) is 14.3 Å². The maximum atomic E-state index is 15.6. The van der Waals surface area contributed by atoms with Crippen molar-refractivity contribution in [1.29, 1.82) is 0 Å². The van der Waals surface area contributed by atoms with Crippen LogP contribution in [0.15, 0.2) is 42.5 Å². The summed E-state index contributed by atoms with van der Waals surface area (Å²) in [6.07, 6.45) is 1.48. The molecular formula is C28H35ClFN3O4Si. The number of anilines is 2. The molecule has 5 atom stereocenters. The van der Waals surface area contributed by atoms with Crippen molar-refractivity contribution in [3.63, 3.8) is 0 Å². The summed E-state index contributed by atoms with van der Waals surface area (Å²) in [6, 6.07) is 12.6. The Morgan fingerprint density at radius 2 is 2.11 bits per heavy atom. The number of aliphatic hydroxyl groups is 1. The van der Waals surface area contributed by atoms with Gasteiger partial charge in [0.15, 0.2) is 5.60 Å². The minimum Gasteiger partial charge on any atom is -0.396 e. The highest BCUT2D eigenvalue weighted by molar-refractivity contribution is 6.72. The zero-order valence-corrected chi connectivity index (χ0v) is 23.7. The lowest BCUT2D eigenvalue weighted by molar-refractivity contribution is -0.146. The van der Waals surface area contributed by atoms with Gasteiger partial charge in [-0.15, -0.1) is 0 Å². The van der Waals surface area contributed by atoms with Crippen molar-refractivity contribution < 1.29 is 23.5 Å². The van der Waals surface area contributed by atoms with Crippen LogP contribution in [0.3, 0.4) is 0 Å². The highest BCUT2D eigenvalue weighted by Gasteiger charge is 2.66. The van der Waals surface area contributed by atoms with Crippen LogP contribution in [0.2, 0.25) is 23.7 Å². The molecule has 0 bridgehead atoms. The Bertz CT molecular complexity index is 1230. The number of carbonyl (C=O) groups is 2. The predicted molar refractivity (Wildman–Crippen MR) is 148 cm³/mol. The minimum atomic E-state index is -3.26. The van der Waals surface area contributed by atoms with E-state index < -0.39 is 31.6 Å². The maximum absolute atomic E-state index is 15.6. The van der Waals surface area contributed by atoms with E-state index in [1.807, 2.05) is 37.3 Å². The molecule has 2 aromatic rings. The molecule has 3 N–H and O–H groups in total. The lowest BCUT2D eigenvalue weighted by Crippen LogP contribution is -2.45. The van der Waals surface area contributed by atoms with Crippen LogP contribution in [0.5, 0.6) is 0 Å².